The molecule has 3 heteroatoms. The van der Waals surface area contributed by atoms with Crippen molar-refractivity contribution >= 4 is 11.6 Å². The van der Waals surface area contributed by atoms with Crippen molar-refractivity contribution in [1.82, 2.24) is 4.90 Å². The molecule has 1 amide bonds. The van der Waals surface area contributed by atoms with Gasteiger partial charge in [-0.2, -0.15) is 0 Å². The first-order valence-electron chi connectivity index (χ1n) is 7.57. The predicted octanol–water partition coefficient (Wildman–Crippen LogP) is 3.69. The molecule has 110 valence electrons. The quantitative estimate of drug-likeness (QED) is 0.908. The van der Waals surface area contributed by atoms with E-state index in [-0.39, 0.29) is 11.3 Å². The normalized spacial score (nSPS) is 17.3. The van der Waals surface area contributed by atoms with Crippen molar-refractivity contribution < 1.29 is 4.79 Å². The molecule has 1 aliphatic heterocycles. The number of anilines is 1. The number of aryl methyl sites for hydroxylation is 1. The molecule has 1 aromatic carbocycles. The first-order chi connectivity index (χ1) is 9.43. The average molecular weight is 274 g/mol. The van der Waals surface area contributed by atoms with Crippen LogP contribution in [0.15, 0.2) is 18.2 Å². The maximum absolute atomic E-state index is 12.7. The van der Waals surface area contributed by atoms with Crippen LogP contribution in [0.3, 0.4) is 0 Å². The summed E-state index contributed by atoms with van der Waals surface area (Å²) in [5.41, 5.74) is 3.21. The highest BCUT2D eigenvalue weighted by Crippen LogP contribution is 2.31. The van der Waals surface area contributed by atoms with Crippen molar-refractivity contribution in [3.05, 3.63) is 29.3 Å². The van der Waals surface area contributed by atoms with Gasteiger partial charge < -0.3 is 10.2 Å². The molecule has 0 atom stereocenters. The predicted molar refractivity (Wildman–Crippen MR) is 84.3 cm³/mol. The van der Waals surface area contributed by atoms with E-state index in [9.17, 15) is 4.79 Å². The zero-order valence-electron chi connectivity index (χ0n) is 13.1. The monoisotopic (exact) mass is 274 g/mol. The van der Waals surface area contributed by atoms with E-state index in [0.29, 0.717) is 0 Å². The average Bonchev–Trinajstić information content (AvgIpc) is 2.76. The van der Waals surface area contributed by atoms with Crippen LogP contribution in [0.25, 0.3) is 0 Å². The second-order valence-electron chi connectivity index (χ2n) is 6.62. The molecule has 0 radical (unpaired) electrons. The summed E-state index contributed by atoms with van der Waals surface area (Å²) in [5, 5.41) is 3.38. The van der Waals surface area contributed by atoms with Gasteiger partial charge in [-0.3, -0.25) is 4.79 Å². The number of carbonyl (C=O) groups is 1. The van der Waals surface area contributed by atoms with Crippen molar-refractivity contribution in [3.63, 3.8) is 0 Å². The van der Waals surface area contributed by atoms with E-state index in [1.54, 1.807) is 0 Å². The first kappa shape index (κ1) is 14.9. The second kappa shape index (κ2) is 5.86. The Morgan fingerprint density at radius 1 is 1.40 bits per heavy atom. The number of hydrogen-bond donors (Lipinski definition) is 1. The Kier molecular flexibility index (Phi) is 4.36. The van der Waals surface area contributed by atoms with Gasteiger partial charge in [0.15, 0.2) is 0 Å². The number of likely N-dealkylation sites (tertiary alicyclic amines) is 1. The highest BCUT2D eigenvalue weighted by Gasteiger charge is 2.33. The van der Waals surface area contributed by atoms with Gasteiger partial charge in [0.1, 0.15) is 0 Å². The molecule has 0 aromatic heterocycles. The summed E-state index contributed by atoms with van der Waals surface area (Å²) in [7, 11) is 0. The summed E-state index contributed by atoms with van der Waals surface area (Å²) < 4.78 is 0. The minimum Gasteiger partial charge on any atom is -0.384 e. The Bertz CT molecular complexity index is 494. The fourth-order valence-electron chi connectivity index (χ4n) is 2.71. The molecule has 0 aliphatic carbocycles. The van der Waals surface area contributed by atoms with Gasteiger partial charge >= 0.3 is 0 Å². The molecule has 1 aliphatic rings. The van der Waals surface area contributed by atoms with Gasteiger partial charge in [0, 0.05) is 25.3 Å². The lowest BCUT2D eigenvalue weighted by Gasteiger charge is -2.21. The number of carbonyl (C=O) groups excluding carboxylic acids is 1. The van der Waals surface area contributed by atoms with Crippen molar-refractivity contribution in [3.8, 4) is 0 Å². The molecule has 20 heavy (non-hydrogen) atoms. The number of hydrogen-bond acceptors (Lipinski definition) is 2. The molecular weight excluding hydrogens is 248 g/mol. The highest BCUT2D eigenvalue weighted by molar-refractivity contribution is 6.00. The minimum absolute atomic E-state index is 0.161. The molecule has 0 bridgehead atoms. The Morgan fingerprint density at radius 2 is 2.15 bits per heavy atom. The molecule has 1 aromatic rings. The van der Waals surface area contributed by atoms with Crippen molar-refractivity contribution in [2.75, 3.05) is 25.0 Å². The van der Waals surface area contributed by atoms with Crippen LogP contribution in [0, 0.1) is 12.3 Å². The SMILES string of the molecule is CCCNc1cc(C)ccc1C(=O)N1CCC(C)(C)C1. The molecule has 1 heterocycles. The van der Waals surface area contributed by atoms with E-state index in [4.69, 9.17) is 0 Å². The van der Waals surface area contributed by atoms with E-state index in [1.165, 1.54) is 5.56 Å². The fourth-order valence-corrected chi connectivity index (χ4v) is 2.71. The Morgan fingerprint density at radius 3 is 2.75 bits per heavy atom. The van der Waals surface area contributed by atoms with Gasteiger partial charge in [-0.1, -0.05) is 26.8 Å². The van der Waals surface area contributed by atoms with Gasteiger partial charge in [-0.15, -0.1) is 0 Å². The molecular formula is C17H26N2O. The largest absolute Gasteiger partial charge is 0.384 e. The topological polar surface area (TPSA) is 32.3 Å². The fraction of sp³-hybridized carbons (Fsp3) is 0.588. The van der Waals surface area contributed by atoms with Crippen LogP contribution in [0.4, 0.5) is 5.69 Å². The molecule has 1 fully saturated rings. The maximum atomic E-state index is 12.7. The lowest BCUT2D eigenvalue weighted by atomic mass is 9.93. The number of benzene rings is 1. The van der Waals surface area contributed by atoms with Crippen LogP contribution in [0.1, 0.15) is 49.5 Å². The standard InChI is InChI=1S/C17H26N2O/c1-5-9-18-15-11-13(2)6-7-14(15)16(20)19-10-8-17(3,4)12-19/h6-7,11,18H,5,8-10,12H2,1-4H3. The van der Waals surface area contributed by atoms with E-state index >= 15 is 0 Å². The van der Waals surface area contributed by atoms with Crippen molar-refractivity contribution in [2.45, 2.75) is 40.5 Å². The smallest absolute Gasteiger partial charge is 0.255 e. The van der Waals surface area contributed by atoms with Crippen LogP contribution >= 0.6 is 0 Å². The second-order valence-corrected chi connectivity index (χ2v) is 6.62. The van der Waals surface area contributed by atoms with Gasteiger partial charge in [-0.25, -0.2) is 0 Å². The summed E-state index contributed by atoms with van der Waals surface area (Å²) in [6.07, 6.45) is 2.14. The van der Waals surface area contributed by atoms with Crippen molar-refractivity contribution in [2.24, 2.45) is 5.41 Å². The van der Waals surface area contributed by atoms with Gasteiger partial charge in [0.2, 0.25) is 0 Å². The summed E-state index contributed by atoms with van der Waals surface area (Å²) >= 11 is 0. The molecule has 3 nitrogen and oxygen atoms in total. The summed E-state index contributed by atoms with van der Waals surface area (Å²) in [4.78, 5) is 14.7. The molecule has 0 unspecified atom stereocenters. The number of amides is 1. The minimum atomic E-state index is 0.161. The Balaban J connectivity index is 2.21. The van der Waals surface area contributed by atoms with Crippen LogP contribution < -0.4 is 5.32 Å². The third-order valence-electron chi connectivity index (χ3n) is 3.94. The molecule has 0 saturated carbocycles. The molecule has 1 N–H and O–H groups in total. The maximum Gasteiger partial charge on any atom is 0.255 e. The van der Waals surface area contributed by atoms with Crippen LogP contribution in [0.5, 0.6) is 0 Å². The zero-order chi connectivity index (χ0) is 14.8. The molecule has 1 saturated heterocycles. The van der Waals surface area contributed by atoms with Gasteiger partial charge in [0.25, 0.3) is 5.91 Å². The van der Waals surface area contributed by atoms with Gasteiger partial charge in [0.05, 0.1) is 5.56 Å². The lowest BCUT2D eigenvalue weighted by molar-refractivity contribution is 0.0779. The van der Waals surface area contributed by atoms with E-state index in [1.807, 2.05) is 17.0 Å². The molecule has 2 rings (SSSR count). The summed E-state index contributed by atoms with van der Waals surface area (Å²) in [6.45, 7) is 11.3. The third kappa shape index (κ3) is 3.33. The molecule has 0 spiro atoms. The Labute approximate surface area is 122 Å². The first-order valence-corrected chi connectivity index (χ1v) is 7.57. The van der Waals surface area contributed by atoms with Gasteiger partial charge in [-0.05, 0) is 42.9 Å². The summed E-state index contributed by atoms with van der Waals surface area (Å²) in [5.74, 6) is 0.161. The number of nitrogens with zero attached hydrogens (tertiary/aromatic N) is 1. The highest BCUT2D eigenvalue weighted by atomic mass is 16.2. The number of rotatable bonds is 4. The van der Waals surface area contributed by atoms with E-state index in [0.717, 1.165) is 43.7 Å². The Hall–Kier alpha value is -1.51. The van der Waals surface area contributed by atoms with E-state index < -0.39 is 0 Å². The third-order valence-corrected chi connectivity index (χ3v) is 3.94. The lowest BCUT2D eigenvalue weighted by Crippen LogP contribution is -2.30. The van der Waals surface area contributed by atoms with E-state index in [2.05, 4.69) is 39.1 Å². The summed E-state index contributed by atoms with van der Waals surface area (Å²) in [6, 6.07) is 6.05. The van der Waals surface area contributed by atoms with Crippen LogP contribution in [0.2, 0.25) is 0 Å². The van der Waals surface area contributed by atoms with Crippen LogP contribution in [-0.2, 0) is 0 Å². The van der Waals surface area contributed by atoms with Crippen molar-refractivity contribution in [1.29, 1.82) is 0 Å². The number of nitrogens with one attached hydrogen (secondary N) is 1. The van der Waals surface area contributed by atoms with Crippen LogP contribution in [-0.4, -0.2) is 30.4 Å². The zero-order valence-corrected chi connectivity index (χ0v) is 13.1.